The highest BCUT2D eigenvalue weighted by molar-refractivity contribution is 4.68. The van der Waals surface area contributed by atoms with Gasteiger partial charge in [0.1, 0.15) is 0 Å². The van der Waals surface area contributed by atoms with Gasteiger partial charge in [-0.1, -0.05) is 46.5 Å². The average molecular weight is 171 g/mol. The van der Waals surface area contributed by atoms with Gasteiger partial charge in [0.05, 0.1) is 0 Å². The van der Waals surface area contributed by atoms with Crippen molar-refractivity contribution in [3.05, 3.63) is 0 Å². The highest BCUT2D eigenvalue weighted by Crippen LogP contribution is 2.14. The molecule has 74 valence electrons. The number of rotatable bonds is 7. The third kappa shape index (κ3) is 5.59. The Labute approximate surface area is 77.7 Å². The fraction of sp³-hybridized carbons (Fsp3) is 1.00. The SMILES string of the molecule is CCCCC(C)C(N)CCCC. The summed E-state index contributed by atoms with van der Waals surface area (Å²) in [5, 5.41) is 0. The largest absolute Gasteiger partial charge is 0.327 e. The first-order chi connectivity index (χ1) is 5.72. The minimum atomic E-state index is 0.441. The summed E-state index contributed by atoms with van der Waals surface area (Å²) in [5.74, 6) is 0.719. The summed E-state index contributed by atoms with van der Waals surface area (Å²) < 4.78 is 0. The first-order valence-corrected chi connectivity index (χ1v) is 5.47. The van der Waals surface area contributed by atoms with Crippen LogP contribution in [0, 0.1) is 5.92 Å². The van der Waals surface area contributed by atoms with E-state index < -0.39 is 0 Å². The molecule has 0 aromatic rings. The fourth-order valence-corrected chi connectivity index (χ4v) is 1.46. The molecule has 0 bridgehead atoms. The maximum atomic E-state index is 6.04. The van der Waals surface area contributed by atoms with Gasteiger partial charge in [0, 0.05) is 6.04 Å². The van der Waals surface area contributed by atoms with Crippen molar-refractivity contribution in [1.82, 2.24) is 0 Å². The van der Waals surface area contributed by atoms with Crippen LogP contribution in [0.25, 0.3) is 0 Å². The van der Waals surface area contributed by atoms with Crippen LogP contribution in [-0.2, 0) is 0 Å². The van der Waals surface area contributed by atoms with E-state index in [0.717, 1.165) is 5.92 Å². The highest BCUT2D eigenvalue weighted by atomic mass is 14.6. The Morgan fingerprint density at radius 3 is 2.00 bits per heavy atom. The van der Waals surface area contributed by atoms with Crippen LogP contribution in [0.3, 0.4) is 0 Å². The molecule has 0 saturated heterocycles. The number of unbranched alkanes of at least 4 members (excludes halogenated alkanes) is 2. The fourth-order valence-electron chi connectivity index (χ4n) is 1.46. The summed E-state index contributed by atoms with van der Waals surface area (Å²) >= 11 is 0. The van der Waals surface area contributed by atoms with E-state index in [1.807, 2.05) is 0 Å². The minimum absolute atomic E-state index is 0.441. The molecule has 0 amide bonds. The van der Waals surface area contributed by atoms with Crippen LogP contribution < -0.4 is 5.73 Å². The summed E-state index contributed by atoms with van der Waals surface area (Å²) in [6.07, 6.45) is 7.71. The lowest BCUT2D eigenvalue weighted by Crippen LogP contribution is -2.27. The van der Waals surface area contributed by atoms with Gasteiger partial charge < -0.3 is 5.73 Å². The van der Waals surface area contributed by atoms with E-state index in [4.69, 9.17) is 5.73 Å². The van der Waals surface area contributed by atoms with E-state index in [1.165, 1.54) is 38.5 Å². The second kappa shape index (κ2) is 7.60. The van der Waals surface area contributed by atoms with Crippen LogP contribution in [-0.4, -0.2) is 6.04 Å². The van der Waals surface area contributed by atoms with Crippen molar-refractivity contribution < 1.29 is 0 Å². The first-order valence-electron chi connectivity index (χ1n) is 5.47. The van der Waals surface area contributed by atoms with Crippen molar-refractivity contribution in [1.29, 1.82) is 0 Å². The lowest BCUT2D eigenvalue weighted by molar-refractivity contribution is 0.386. The van der Waals surface area contributed by atoms with Gasteiger partial charge in [0.25, 0.3) is 0 Å². The number of nitrogens with two attached hydrogens (primary N) is 1. The molecule has 0 fully saturated rings. The van der Waals surface area contributed by atoms with Gasteiger partial charge in [-0.3, -0.25) is 0 Å². The van der Waals surface area contributed by atoms with E-state index >= 15 is 0 Å². The summed E-state index contributed by atoms with van der Waals surface area (Å²) in [7, 11) is 0. The Kier molecular flexibility index (Phi) is 7.58. The zero-order valence-corrected chi connectivity index (χ0v) is 8.97. The second-order valence-corrected chi connectivity index (χ2v) is 3.93. The van der Waals surface area contributed by atoms with Crippen molar-refractivity contribution in [3.8, 4) is 0 Å². The van der Waals surface area contributed by atoms with Gasteiger partial charge >= 0.3 is 0 Å². The zero-order valence-electron chi connectivity index (χ0n) is 8.97. The van der Waals surface area contributed by atoms with Crippen LogP contribution >= 0.6 is 0 Å². The lowest BCUT2D eigenvalue weighted by Gasteiger charge is -2.19. The van der Waals surface area contributed by atoms with Gasteiger partial charge in [-0.15, -0.1) is 0 Å². The van der Waals surface area contributed by atoms with Gasteiger partial charge in [-0.05, 0) is 18.8 Å². The molecule has 0 radical (unpaired) electrons. The van der Waals surface area contributed by atoms with Gasteiger partial charge in [-0.25, -0.2) is 0 Å². The first kappa shape index (κ1) is 12.0. The van der Waals surface area contributed by atoms with Gasteiger partial charge in [-0.2, -0.15) is 0 Å². The number of hydrogen-bond donors (Lipinski definition) is 1. The Morgan fingerprint density at radius 1 is 1.00 bits per heavy atom. The molecule has 0 saturated carbocycles. The normalized spacial score (nSPS) is 16.0. The summed E-state index contributed by atoms with van der Waals surface area (Å²) in [4.78, 5) is 0. The van der Waals surface area contributed by atoms with Gasteiger partial charge in [0.2, 0.25) is 0 Å². The van der Waals surface area contributed by atoms with Crippen LogP contribution in [0.4, 0.5) is 0 Å². The van der Waals surface area contributed by atoms with Crippen molar-refractivity contribution in [2.45, 2.75) is 65.3 Å². The van der Waals surface area contributed by atoms with E-state index in [0.29, 0.717) is 6.04 Å². The average Bonchev–Trinajstić information content (AvgIpc) is 2.10. The second-order valence-electron chi connectivity index (χ2n) is 3.93. The summed E-state index contributed by atoms with van der Waals surface area (Å²) in [5.41, 5.74) is 6.04. The molecule has 2 atom stereocenters. The molecule has 0 spiro atoms. The highest BCUT2D eigenvalue weighted by Gasteiger charge is 2.10. The quantitative estimate of drug-likeness (QED) is 0.624. The monoisotopic (exact) mass is 171 g/mol. The van der Waals surface area contributed by atoms with Crippen LogP contribution in [0.5, 0.6) is 0 Å². The summed E-state index contributed by atoms with van der Waals surface area (Å²) in [6.45, 7) is 6.75. The molecule has 2 unspecified atom stereocenters. The van der Waals surface area contributed by atoms with E-state index in [-0.39, 0.29) is 0 Å². The molecule has 2 N–H and O–H groups in total. The molecule has 1 nitrogen and oxygen atoms in total. The molecule has 0 aliphatic carbocycles. The topological polar surface area (TPSA) is 26.0 Å². The molecule has 1 heteroatoms. The Balaban J connectivity index is 3.39. The maximum Gasteiger partial charge on any atom is 0.00645 e. The van der Waals surface area contributed by atoms with Crippen LogP contribution in [0.2, 0.25) is 0 Å². The van der Waals surface area contributed by atoms with E-state index in [2.05, 4.69) is 20.8 Å². The molecule has 0 rings (SSSR count). The number of hydrogen-bond acceptors (Lipinski definition) is 1. The van der Waals surface area contributed by atoms with Gasteiger partial charge in [0.15, 0.2) is 0 Å². The molecule has 0 aromatic heterocycles. The molecule has 0 heterocycles. The zero-order chi connectivity index (χ0) is 9.40. The predicted molar refractivity (Wildman–Crippen MR) is 56.2 cm³/mol. The molecular weight excluding hydrogens is 146 g/mol. The van der Waals surface area contributed by atoms with Crippen molar-refractivity contribution >= 4 is 0 Å². The Hall–Kier alpha value is -0.0400. The lowest BCUT2D eigenvalue weighted by atomic mass is 9.93. The standard InChI is InChI=1S/C11H25N/c1-4-6-8-10(3)11(12)9-7-5-2/h10-11H,4-9,12H2,1-3H3. The Bertz CT molecular complexity index is 79.0. The third-order valence-electron chi connectivity index (χ3n) is 2.63. The Morgan fingerprint density at radius 2 is 1.50 bits per heavy atom. The predicted octanol–water partition coefficient (Wildman–Crippen LogP) is 3.33. The summed E-state index contributed by atoms with van der Waals surface area (Å²) in [6, 6.07) is 0.441. The minimum Gasteiger partial charge on any atom is -0.327 e. The molecule has 12 heavy (non-hydrogen) atoms. The smallest absolute Gasteiger partial charge is 0.00645 e. The molecule has 0 aromatic carbocycles. The van der Waals surface area contributed by atoms with E-state index in [1.54, 1.807) is 0 Å². The van der Waals surface area contributed by atoms with Crippen molar-refractivity contribution in [3.63, 3.8) is 0 Å². The maximum absolute atomic E-state index is 6.04. The van der Waals surface area contributed by atoms with E-state index in [9.17, 15) is 0 Å². The van der Waals surface area contributed by atoms with Crippen molar-refractivity contribution in [2.24, 2.45) is 11.7 Å². The molecule has 0 aliphatic heterocycles. The third-order valence-corrected chi connectivity index (χ3v) is 2.63. The van der Waals surface area contributed by atoms with Crippen molar-refractivity contribution in [2.75, 3.05) is 0 Å². The van der Waals surface area contributed by atoms with Crippen LogP contribution in [0.1, 0.15) is 59.3 Å². The molecular formula is C11H25N. The van der Waals surface area contributed by atoms with Crippen LogP contribution in [0.15, 0.2) is 0 Å². The molecule has 0 aliphatic rings.